The Bertz CT molecular complexity index is 485. The Labute approximate surface area is 96.7 Å². The van der Waals surface area contributed by atoms with Crippen molar-refractivity contribution in [3.63, 3.8) is 0 Å². The zero-order valence-electron chi connectivity index (χ0n) is 9.15. The number of furan rings is 1. The molecule has 0 saturated heterocycles. The highest BCUT2D eigenvalue weighted by Gasteiger charge is 2.17. The van der Waals surface area contributed by atoms with Gasteiger partial charge in [-0.3, -0.25) is 0 Å². The van der Waals surface area contributed by atoms with Gasteiger partial charge in [-0.05, 0) is 13.1 Å². The first-order valence-corrected chi connectivity index (χ1v) is 5.03. The summed E-state index contributed by atoms with van der Waals surface area (Å²) in [5.41, 5.74) is 0.739. The molecule has 0 amide bonds. The molecular weight excluding hydrogens is 228 g/mol. The highest BCUT2D eigenvalue weighted by molar-refractivity contribution is 5.52. The molecule has 4 nitrogen and oxygen atoms in total. The van der Waals surface area contributed by atoms with Crippen LogP contribution in [0.3, 0.4) is 0 Å². The van der Waals surface area contributed by atoms with Crippen LogP contribution < -0.4 is 5.32 Å². The number of rotatable bonds is 4. The Hall–Kier alpha value is -1.82. The van der Waals surface area contributed by atoms with Crippen LogP contribution in [-0.4, -0.2) is 17.0 Å². The second-order valence-corrected chi connectivity index (χ2v) is 3.45. The number of aromatic nitrogens is 2. The topological polar surface area (TPSA) is 51.0 Å². The third-order valence-electron chi connectivity index (χ3n) is 2.25. The lowest BCUT2D eigenvalue weighted by molar-refractivity contribution is 0.144. The highest BCUT2D eigenvalue weighted by Crippen LogP contribution is 2.23. The molecule has 0 spiro atoms. The number of alkyl halides is 2. The molecule has 2 aromatic rings. The van der Waals surface area contributed by atoms with E-state index in [2.05, 4.69) is 15.3 Å². The zero-order valence-corrected chi connectivity index (χ0v) is 9.15. The van der Waals surface area contributed by atoms with E-state index in [1.807, 2.05) is 0 Å². The Morgan fingerprint density at radius 2 is 2.29 bits per heavy atom. The Morgan fingerprint density at radius 3 is 2.88 bits per heavy atom. The normalized spacial score (nSPS) is 11.1. The van der Waals surface area contributed by atoms with Gasteiger partial charge in [0.2, 0.25) is 0 Å². The summed E-state index contributed by atoms with van der Waals surface area (Å²) in [6.45, 7) is 0.311. The van der Waals surface area contributed by atoms with E-state index in [1.165, 1.54) is 18.7 Å². The molecular formula is C11H11F2N3O. The smallest absolute Gasteiger partial charge is 0.280 e. The van der Waals surface area contributed by atoms with Gasteiger partial charge in [0.05, 0.1) is 11.8 Å². The first-order chi connectivity index (χ1) is 8.22. The average Bonchev–Trinajstić information content (AvgIpc) is 2.83. The summed E-state index contributed by atoms with van der Waals surface area (Å²) in [5.74, 6) is 0.244. The fourth-order valence-corrected chi connectivity index (χ4v) is 1.47. The van der Waals surface area contributed by atoms with Crippen LogP contribution in [0.2, 0.25) is 0 Å². The Balaban J connectivity index is 2.42. The second kappa shape index (κ2) is 5.01. The molecule has 6 heteroatoms. The summed E-state index contributed by atoms with van der Waals surface area (Å²) in [7, 11) is 1.68. The summed E-state index contributed by atoms with van der Waals surface area (Å²) in [6, 6.07) is 1.63. The minimum absolute atomic E-state index is 0.244. The predicted molar refractivity (Wildman–Crippen MR) is 57.5 cm³/mol. The number of hydrogen-bond donors (Lipinski definition) is 1. The van der Waals surface area contributed by atoms with Gasteiger partial charge >= 0.3 is 0 Å². The van der Waals surface area contributed by atoms with Gasteiger partial charge in [-0.25, -0.2) is 18.7 Å². The summed E-state index contributed by atoms with van der Waals surface area (Å²) in [6.07, 6.45) is 1.66. The van der Waals surface area contributed by atoms with Crippen molar-refractivity contribution >= 4 is 0 Å². The number of nitrogens with one attached hydrogen (secondary N) is 1. The van der Waals surface area contributed by atoms with Gasteiger partial charge in [0.25, 0.3) is 6.43 Å². The van der Waals surface area contributed by atoms with Crippen molar-refractivity contribution in [2.45, 2.75) is 13.0 Å². The molecule has 17 heavy (non-hydrogen) atoms. The van der Waals surface area contributed by atoms with Crippen LogP contribution in [0.5, 0.6) is 0 Å². The zero-order chi connectivity index (χ0) is 12.3. The van der Waals surface area contributed by atoms with E-state index in [0.29, 0.717) is 17.7 Å². The summed E-state index contributed by atoms with van der Waals surface area (Å²) >= 11 is 0. The minimum Gasteiger partial charge on any atom is -0.472 e. The highest BCUT2D eigenvalue weighted by atomic mass is 19.3. The third kappa shape index (κ3) is 2.47. The van der Waals surface area contributed by atoms with E-state index < -0.39 is 6.43 Å². The van der Waals surface area contributed by atoms with E-state index in [1.54, 1.807) is 13.1 Å². The molecule has 0 aliphatic rings. The number of hydrogen-bond acceptors (Lipinski definition) is 4. The lowest BCUT2D eigenvalue weighted by Gasteiger charge is -2.08. The van der Waals surface area contributed by atoms with Crippen molar-refractivity contribution in [3.8, 4) is 11.4 Å². The summed E-state index contributed by atoms with van der Waals surface area (Å²) < 4.78 is 30.5. The molecule has 90 valence electrons. The van der Waals surface area contributed by atoms with E-state index in [0.717, 1.165) is 0 Å². The van der Waals surface area contributed by atoms with Gasteiger partial charge in [0.1, 0.15) is 12.0 Å². The fraction of sp³-hybridized carbons (Fsp3) is 0.273. The van der Waals surface area contributed by atoms with Crippen LogP contribution in [-0.2, 0) is 6.54 Å². The van der Waals surface area contributed by atoms with Crippen LogP contribution in [0.1, 0.15) is 17.7 Å². The molecule has 2 rings (SSSR count). The molecule has 0 aliphatic carbocycles. The molecule has 2 heterocycles. The first-order valence-electron chi connectivity index (χ1n) is 5.03. The fourth-order valence-electron chi connectivity index (χ4n) is 1.47. The first kappa shape index (κ1) is 11.7. The van der Waals surface area contributed by atoms with Crippen molar-refractivity contribution in [1.29, 1.82) is 0 Å². The number of nitrogens with zero attached hydrogens (tertiary/aromatic N) is 2. The maximum absolute atomic E-state index is 12.8. The maximum atomic E-state index is 12.8. The lowest BCUT2D eigenvalue weighted by atomic mass is 10.2. The van der Waals surface area contributed by atoms with Gasteiger partial charge in [-0.15, -0.1) is 0 Å². The van der Waals surface area contributed by atoms with Crippen LogP contribution >= 0.6 is 0 Å². The van der Waals surface area contributed by atoms with Crippen LogP contribution in [0, 0.1) is 0 Å². The standard InChI is InChI=1S/C11H11F2N3O/c1-14-4-8-5-15-11(7-2-3-17-6-7)16-9(8)10(12)13/h2-3,5-6,10,14H,4H2,1H3. The SMILES string of the molecule is CNCc1cnc(-c2ccoc2)nc1C(F)F. The lowest BCUT2D eigenvalue weighted by Crippen LogP contribution is -2.10. The second-order valence-electron chi connectivity index (χ2n) is 3.45. The Kier molecular flexibility index (Phi) is 3.43. The van der Waals surface area contributed by atoms with Gasteiger partial charge in [-0.1, -0.05) is 0 Å². The quantitative estimate of drug-likeness (QED) is 0.890. The monoisotopic (exact) mass is 239 g/mol. The van der Waals surface area contributed by atoms with Crippen LogP contribution in [0.4, 0.5) is 8.78 Å². The molecule has 0 atom stereocenters. The molecule has 2 aromatic heterocycles. The van der Waals surface area contributed by atoms with Crippen molar-refractivity contribution in [1.82, 2.24) is 15.3 Å². The van der Waals surface area contributed by atoms with E-state index >= 15 is 0 Å². The molecule has 0 bridgehead atoms. The maximum Gasteiger partial charge on any atom is 0.280 e. The molecule has 1 N–H and O–H groups in total. The summed E-state index contributed by atoms with van der Waals surface area (Å²) in [5, 5.41) is 2.80. The van der Waals surface area contributed by atoms with E-state index in [9.17, 15) is 8.78 Å². The van der Waals surface area contributed by atoms with Crippen molar-refractivity contribution in [3.05, 3.63) is 36.0 Å². The van der Waals surface area contributed by atoms with E-state index in [4.69, 9.17) is 4.42 Å². The van der Waals surface area contributed by atoms with Crippen LogP contribution in [0.25, 0.3) is 11.4 Å². The van der Waals surface area contributed by atoms with Crippen LogP contribution in [0.15, 0.2) is 29.2 Å². The van der Waals surface area contributed by atoms with Gasteiger partial charge in [0, 0.05) is 18.3 Å². The van der Waals surface area contributed by atoms with Gasteiger partial charge < -0.3 is 9.73 Å². The van der Waals surface area contributed by atoms with Gasteiger partial charge in [0.15, 0.2) is 5.82 Å². The van der Waals surface area contributed by atoms with Crippen molar-refractivity contribution in [2.24, 2.45) is 0 Å². The molecule has 0 radical (unpaired) electrons. The average molecular weight is 239 g/mol. The molecule has 0 aliphatic heterocycles. The molecule has 0 unspecified atom stereocenters. The number of halogens is 2. The molecule has 0 aromatic carbocycles. The third-order valence-corrected chi connectivity index (χ3v) is 2.25. The van der Waals surface area contributed by atoms with Crippen molar-refractivity contribution < 1.29 is 13.2 Å². The largest absolute Gasteiger partial charge is 0.472 e. The molecule has 0 fully saturated rings. The van der Waals surface area contributed by atoms with E-state index in [-0.39, 0.29) is 11.5 Å². The Morgan fingerprint density at radius 1 is 1.47 bits per heavy atom. The van der Waals surface area contributed by atoms with Crippen molar-refractivity contribution in [2.75, 3.05) is 7.05 Å². The predicted octanol–water partition coefficient (Wildman–Crippen LogP) is 2.39. The summed E-state index contributed by atoms with van der Waals surface area (Å²) in [4.78, 5) is 7.91. The minimum atomic E-state index is -2.62. The van der Waals surface area contributed by atoms with Gasteiger partial charge in [-0.2, -0.15) is 0 Å². The molecule has 0 saturated carbocycles.